The topological polar surface area (TPSA) is 133 Å². The number of rotatable bonds is 11. The van der Waals surface area contributed by atoms with Crippen molar-refractivity contribution >= 4 is 17.1 Å². The van der Waals surface area contributed by atoms with Crippen LogP contribution in [0.3, 0.4) is 0 Å². The maximum Gasteiger partial charge on any atom is 0.303 e. The fraction of sp³-hybridized carbons (Fsp3) is 0.357. The lowest BCUT2D eigenvalue weighted by Gasteiger charge is -2.17. The normalized spacial score (nSPS) is 13.7. The lowest BCUT2D eigenvalue weighted by Crippen LogP contribution is -2.25. The summed E-state index contributed by atoms with van der Waals surface area (Å²) in [6.45, 7) is 5.95. The van der Waals surface area contributed by atoms with Gasteiger partial charge in [0, 0.05) is 13.0 Å². The van der Waals surface area contributed by atoms with Gasteiger partial charge in [0.15, 0.2) is 11.2 Å². The molecule has 4 aromatic rings. The molecule has 3 N–H and O–H groups in total. The maximum absolute atomic E-state index is 12.4. The summed E-state index contributed by atoms with van der Waals surface area (Å²) in [4.78, 5) is 40.3. The van der Waals surface area contributed by atoms with Crippen molar-refractivity contribution in [2.75, 3.05) is 32.8 Å². The number of aryl methyl sites for hydroxylation is 1. The molecule has 1 saturated heterocycles. The van der Waals surface area contributed by atoms with Gasteiger partial charge in [-0.05, 0) is 80.2 Å². The number of fused-ring (bicyclic) bond motifs is 1. The Labute approximate surface area is 219 Å². The van der Waals surface area contributed by atoms with Crippen LogP contribution in [0.2, 0.25) is 0 Å². The molecule has 10 nitrogen and oxygen atoms in total. The van der Waals surface area contributed by atoms with Crippen molar-refractivity contribution in [1.29, 1.82) is 0 Å². The molecular weight excluding hydrogens is 486 g/mol. The molecule has 2 aromatic heterocycles. The number of nitrogens with one attached hydrogen (secondary N) is 2. The molecule has 0 aliphatic carbocycles. The van der Waals surface area contributed by atoms with E-state index in [-0.39, 0.29) is 17.5 Å². The Morgan fingerprint density at radius 3 is 2.66 bits per heavy atom. The largest absolute Gasteiger partial charge is 0.493 e. The maximum atomic E-state index is 12.4. The molecule has 1 aliphatic rings. The van der Waals surface area contributed by atoms with Gasteiger partial charge in [-0.2, -0.15) is 0 Å². The number of carboxylic acids is 1. The van der Waals surface area contributed by atoms with E-state index in [9.17, 15) is 14.7 Å². The third kappa shape index (κ3) is 5.70. The summed E-state index contributed by atoms with van der Waals surface area (Å²) in [6.07, 6.45) is 4.28. The Bertz CT molecular complexity index is 1490. The molecule has 0 radical (unpaired) electrons. The number of nitrogens with zero attached hydrogens (tertiary/aromatic N) is 3. The summed E-state index contributed by atoms with van der Waals surface area (Å²) in [5.41, 5.74) is 3.62. The fourth-order valence-electron chi connectivity index (χ4n) is 4.77. The number of carbonyl (C=O) groups is 1. The van der Waals surface area contributed by atoms with Crippen LogP contribution in [0.5, 0.6) is 11.5 Å². The van der Waals surface area contributed by atoms with E-state index in [2.05, 4.69) is 24.8 Å². The minimum atomic E-state index is -0.850. The summed E-state index contributed by atoms with van der Waals surface area (Å²) >= 11 is 0. The minimum absolute atomic E-state index is 0.0180. The summed E-state index contributed by atoms with van der Waals surface area (Å²) < 4.78 is 12.0. The Kier molecular flexibility index (Phi) is 7.69. The SMILES string of the molecule is CCOc1cc(-c2ccc(OCCN3CCCC3)c(CCC(=O)O)c2)ccc1-c1nc2[nH]cnc2c(=O)[nH]1. The van der Waals surface area contributed by atoms with Crippen LogP contribution in [0.1, 0.15) is 31.7 Å². The molecule has 1 aliphatic heterocycles. The molecule has 2 aromatic carbocycles. The predicted octanol–water partition coefficient (Wildman–Crippen LogP) is 3.87. The molecule has 0 amide bonds. The first-order valence-corrected chi connectivity index (χ1v) is 12.9. The smallest absolute Gasteiger partial charge is 0.303 e. The standard InChI is InChI=1S/C28H31N5O5/c1-2-37-23-16-19(5-8-21(23)26-31-27-25(28(36)32-26)29-17-30-27)18-6-9-22(20(15-18)7-10-24(34)35)38-14-13-33-11-3-4-12-33/h5-6,8-9,15-17H,2-4,7,10-14H2,1H3,(H,34,35)(H2,29,30,31,32,36). The first-order valence-electron chi connectivity index (χ1n) is 12.9. The zero-order chi connectivity index (χ0) is 26.5. The summed E-state index contributed by atoms with van der Waals surface area (Å²) in [5, 5.41) is 9.28. The molecule has 1 fully saturated rings. The number of ether oxygens (including phenoxy) is 2. The molecule has 0 atom stereocenters. The van der Waals surface area contributed by atoms with E-state index in [0.717, 1.165) is 36.3 Å². The lowest BCUT2D eigenvalue weighted by atomic mass is 9.98. The molecule has 38 heavy (non-hydrogen) atoms. The zero-order valence-electron chi connectivity index (χ0n) is 21.3. The Balaban J connectivity index is 1.44. The van der Waals surface area contributed by atoms with Crippen molar-refractivity contribution in [3.8, 4) is 34.0 Å². The van der Waals surface area contributed by atoms with E-state index < -0.39 is 5.97 Å². The molecule has 198 valence electrons. The number of aliphatic carboxylic acids is 1. The number of aromatic amines is 2. The van der Waals surface area contributed by atoms with Crippen LogP contribution in [-0.4, -0.2) is 68.8 Å². The molecule has 0 bridgehead atoms. The van der Waals surface area contributed by atoms with Gasteiger partial charge in [-0.3, -0.25) is 14.5 Å². The van der Waals surface area contributed by atoms with Crippen molar-refractivity contribution in [2.24, 2.45) is 0 Å². The summed E-state index contributed by atoms with van der Waals surface area (Å²) in [7, 11) is 0. The van der Waals surface area contributed by atoms with Crippen LogP contribution in [0.4, 0.5) is 0 Å². The molecule has 10 heteroatoms. The lowest BCUT2D eigenvalue weighted by molar-refractivity contribution is -0.136. The van der Waals surface area contributed by atoms with E-state index in [1.165, 1.54) is 19.2 Å². The number of hydrogen-bond acceptors (Lipinski definition) is 7. The first-order chi connectivity index (χ1) is 18.5. The average molecular weight is 518 g/mol. The highest BCUT2D eigenvalue weighted by Gasteiger charge is 2.16. The second-order valence-electron chi connectivity index (χ2n) is 9.27. The van der Waals surface area contributed by atoms with E-state index in [0.29, 0.717) is 48.2 Å². The Morgan fingerprint density at radius 2 is 1.87 bits per heavy atom. The monoisotopic (exact) mass is 517 g/mol. The quantitative estimate of drug-likeness (QED) is 0.273. The van der Waals surface area contributed by atoms with E-state index >= 15 is 0 Å². The minimum Gasteiger partial charge on any atom is -0.493 e. The summed E-state index contributed by atoms with van der Waals surface area (Å²) in [5.74, 6) is 0.818. The van der Waals surface area contributed by atoms with Crippen LogP contribution in [0.15, 0.2) is 47.5 Å². The fourth-order valence-corrected chi connectivity index (χ4v) is 4.77. The molecule has 0 unspecified atom stereocenters. The molecule has 3 heterocycles. The van der Waals surface area contributed by atoms with Crippen LogP contribution >= 0.6 is 0 Å². The van der Waals surface area contributed by atoms with E-state index in [4.69, 9.17) is 9.47 Å². The van der Waals surface area contributed by atoms with E-state index in [1.54, 1.807) is 0 Å². The third-order valence-electron chi connectivity index (χ3n) is 6.69. The predicted molar refractivity (Wildman–Crippen MR) is 144 cm³/mol. The number of carboxylic acid groups (broad SMARTS) is 1. The van der Waals surface area contributed by atoms with Crippen molar-refractivity contribution in [3.63, 3.8) is 0 Å². The van der Waals surface area contributed by atoms with Crippen LogP contribution < -0.4 is 15.0 Å². The first kappa shape index (κ1) is 25.5. The van der Waals surface area contributed by atoms with Crippen LogP contribution in [0.25, 0.3) is 33.7 Å². The van der Waals surface area contributed by atoms with Gasteiger partial charge in [-0.15, -0.1) is 0 Å². The third-order valence-corrected chi connectivity index (χ3v) is 6.69. The van der Waals surface area contributed by atoms with E-state index in [1.807, 2.05) is 43.3 Å². The number of benzene rings is 2. The number of hydrogen-bond donors (Lipinski definition) is 3. The number of likely N-dealkylation sites (tertiary alicyclic amines) is 1. The molecule has 0 saturated carbocycles. The van der Waals surface area contributed by atoms with Gasteiger partial charge in [-0.1, -0.05) is 12.1 Å². The van der Waals surface area contributed by atoms with Gasteiger partial charge in [0.25, 0.3) is 5.56 Å². The van der Waals surface area contributed by atoms with Gasteiger partial charge in [-0.25, -0.2) is 9.97 Å². The van der Waals surface area contributed by atoms with Gasteiger partial charge in [0.2, 0.25) is 0 Å². The van der Waals surface area contributed by atoms with Crippen LogP contribution in [0, 0.1) is 0 Å². The number of aromatic nitrogens is 4. The number of H-pyrrole nitrogens is 2. The van der Waals surface area contributed by atoms with Gasteiger partial charge < -0.3 is 24.5 Å². The second-order valence-corrected chi connectivity index (χ2v) is 9.27. The van der Waals surface area contributed by atoms with Crippen LogP contribution in [-0.2, 0) is 11.2 Å². The van der Waals surface area contributed by atoms with Crippen molar-refractivity contribution in [3.05, 3.63) is 58.6 Å². The van der Waals surface area contributed by atoms with Gasteiger partial charge in [0.05, 0.1) is 18.5 Å². The highest BCUT2D eigenvalue weighted by Crippen LogP contribution is 2.35. The zero-order valence-corrected chi connectivity index (χ0v) is 21.3. The van der Waals surface area contributed by atoms with Crippen molar-refractivity contribution < 1.29 is 19.4 Å². The molecular formula is C28H31N5O5. The Hall–Kier alpha value is -4.18. The van der Waals surface area contributed by atoms with Gasteiger partial charge >= 0.3 is 5.97 Å². The Morgan fingerprint density at radius 1 is 1.08 bits per heavy atom. The molecule has 5 rings (SSSR count). The highest BCUT2D eigenvalue weighted by atomic mass is 16.5. The summed E-state index contributed by atoms with van der Waals surface area (Å²) in [6, 6.07) is 11.6. The van der Waals surface area contributed by atoms with Crippen molar-refractivity contribution in [1.82, 2.24) is 24.8 Å². The second kappa shape index (κ2) is 11.5. The number of imidazole rings is 1. The molecule has 0 spiro atoms. The average Bonchev–Trinajstić information content (AvgIpc) is 3.61. The highest BCUT2D eigenvalue weighted by molar-refractivity contribution is 5.77. The van der Waals surface area contributed by atoms with Gasteiger partial charge in [0.1, 0.15) is 23.9 Å². The van der Waals surface area contributed by atoms with Crippen molar-refractivity contribution in [2.45, 2.75) is 32.6 Å².